The van der Waals surface area contributed by atoms with Gasteiger partial charge in [-0.2, -0.15) is 5.26 Å². The van der Waals surface area contributed by atoms with Crippen molar-refractivity contribution in [1.29, 1.82) is 5.26 Å². The highest BCUT2D eigenvalue weighted by Crippen LogP contribution is 2.35. The van der Waals surface area contributed by atoms with Crippen LogP contribution in [0.3, 0.4) is 0 Å². The van der Waals surface area contributed by atoms with Crippen LogP contribution in [-0.2, 0) is 13.2 Å². The largest absolute Gasteiger partial charge is 0.488 e. The summed E-state index contributed by atoms with van der Waals surface area (Å²) in [6, 6.07) is 18.5. The van der Waals surface area contributed by atoms with Gasteiger partial charge in [-0.25, -0.2) is 4.79 Å². The zero-order valence-corrected chi connectivity index (χ0v) is 24.7. The lowest BCUT2D eigenvalue weighted by atomic mass is 9.93. The summed E-state index contributed by atoms with van der Waals surface area (Å²) in [5, 5.41) is 15.3. The van der Waals surface area contributed by atoms with Crippen molar-refractivity contribution < 1.29 is 19.1 Å². The molecular formula is C34H31ClN4O4. The molecule has 5 rings (SSSR count). The van der Waals surface area contributed by atoms with E-state index in [0.717, 1.165) is 33.5 Å². The maximum Gasteiger partial charge on any atom is 0.319 e. The first-order valence-electron chi connectivity index (χ1n) is 14.0. The molecule has 0 unspecified atom stereocenters. The van der Waals surface area contributed by atoms with Crippen LogP contribution in [0.1, 0.15) is 51.0 Å². The van der Waals surface area contributed by atoms with Gasteiger partial charge in [0.25, 0.3) is 0 Å². The molecule has 2 amide bonds. The second-order valence-corrected chi connectivity index (χ2v) is 11.0. The van der Waals surface area contributed by atoms with Gasteiger partial charge in [-0.05, 0) is 78.6 Å². The van der Waals surface area contributed by atoms with E-state index in [1.807, 2.05) is 56.3 Å². The van der Waals surface area contributed by atoms with Gasteiger partial charge in [-0.15, -0.1) is 0 Å². The highest BCUT2D eigenvalue weighted by atomic mass is 35.5. The van der Waals surface area contributed by atoms with Crippen LogP contribution in [0.2, 0.25) is 5.02 Å². The standard InChI is InChI=1S/C34H31ClN4O4/c1-21-26(5-3-6-28(21)29-7-4-8-31(22(29)2)39-34(41)38-17-23-9-10-23)20-43-33-13-32(27(18-40)12-30(33)35)42-19-25-11-24(14-36)15-37-16-25/h3-8,11-13,15-16,18,23H,9-10,17,19-20H2,1-2H3,(H2,38,39,41). The van der Waals surface area contributed by atoms with Crippen molar-refractivity contribution in [1.82, 2.24) is 10.3 Å². The van der Waals surface area contributed by atoms with Crippen LogP contribution in [0.5, 0.6) is 11.5 Å². The smallest absolute Gasteiger partial charge is 0.319 e. The SMILES string of the molecule is Cc1c(COc2cc(OCc3cncc(C#N)c3)c(C=O)cc2Cl)cccc1-c1cccc(NC(=O)NCC2CC2)c1C. The van der Waals surface area contributed by atoms with Gasteiger partial charge >= 0.3 is 6.03 Å². The Morgan fingerprint density at radius 1 is 1.02 bits per heavy atom. The molecule has 0 bridgehead atoms. The zero-order chi connectivity index (χ0) is 30.3. The van der Waals surface area contributed by atoms with E-state index in [1.54, 1.807) is 18.3 Å². The van der Waals surface area contributed by atoms with Crippen molar-refractivity contribution in [3.63, 3.8) is 0 Å². The van der Waals surface area contributed by atoms with E-state index in [0.29, 0.717) is 41.4 Å². The van der Waals surface area contributed by atoms with Crippen LogP contribution in [0.4, 0.5) is 10.5 Å². The molecule has 0 atom stereocenters. The average Bonchev–Trinajstić information content (AvgIpc) is 3.85. The van der Waals surface area contributed by atoms with Crippen molar-refractivity contribution in [2.24, 2.45) is 5.92 Å². The number of carbonyl (C=O) groups excluding carboxylic acids is 2. The van der Waals surface area contributed by atoms with E-state index in [-0.39, 0.29) is 29.8 Å². The summed E-state index contributed by atoms with van der Waals surface area (Å²) in [4.78, 5) is 28.2. The molecule has 1 aliphatic carbocycles. The Hall–Kier alpha value is -4.87. The van der Waals surface area contributed by atoms with Crippen LogP contribution < -0.4 is 20.1 Å². The highest BCUT2D eigenvalue weighted by Gasteiger charge is 2.22. The third-order valence-corrected chi connectivity index (χ3v) is 7.75. The zero-order valence-electron chi connectivity index (χ0n) is 23.9. The molecule has 0 saturated heterocycles. The van der Waals surface area contributed by atoms with Gasteiger partial charge in [0, 0.05) is 36.3 Å². The summed E-state index contributed by atoms with van der Waals surface area (Å²) in [6.07, 6.45) is 6.09. The van der Waals surface area contributed by atoms with Crippen LogP contribution >= 0.6 is 11.6 Å². The first-order chi connectivity index (χ1) is 20.9. The summed E-state index contributed by atoms with van der Waals surface area (Å²) in [6.45, 7) is 5.08. The van der Waals surface area contributed by atoms with Crippen molar-refractivity contribution in [3.05, 3.63) is 105 Å². The number of aromatic nitrogens is 1. The second-order valence-electron chi connectivity index (χ2n) is 10.6. The number of hydrogen-bond acceptors (Lipinski definition) is 6. The topological polar surface area (TPSA) is 113 Å². The molecule has 3 aromatic carbocycles. The number of nitriles is 1. The van der Waals surface area contributed by atoms with E-state index < -0.39 is 0 Å². The van der Waals surface area contributed by atoms with Crippen molar-refractivity contribution >= 4 is 29.6 Å². The van der Waals surface area contributed by atoms with Crippen molar-refractivity contribution in [3.8, 4) is 28.7 Å². The molecule has 1 heterocycles. The number of rotatable bonds is 11. The lowest BCUT2D eigenvalue weighted by Crippen LogP contribution is -2.30. The fourth-order valence-corrected chi connectivity index (χ4v) is 4.97. The third-order valence-electron chi connectivity index (χ3n) is 7.46. The lowest BCUT2D eigenvalue weighted by Gasteiger charge is -2.17. The lowest BCUT2D eigenvalue weighted by molar-refractivity contribution is 0.111. The molecule has 4 aromatic rings. The Morgan fingerprint density at radius 3 is 2.51 bits per heavy atom. The predicted molar refractivity (Wildman–Crippen MR) is 166 cm³/mol. The predicted octanol–water partition coefficient (Wildman–Crippen LogP) is 7.39. The van der Waals surface area contributed by atoms with Crippen LogP contribution in [-0.4, -0.2) is 23.8 Å². The summed E-state index contributed by atoms with van der Waals surface area (Å²) in [5.41, 5.74) is 7.14. The maximum atomic E-state index is 12.4. The van der Waals surface area contributed by atoms with Crippen LogP contribution in [0, 0.1) is 31.1 Å². The number of aldehydes is 1. The number of anilines is 1. The number of benzene rings is 3. The molecule has 43 heavy (non-hydrogen) atoms. The third kappa shape index (κ3) is 7.32. The van der Waals surface area contributed by atoms with Gasteiger partial charge in [0.05, 0.1) is 16.1 Å². The molecule has 1 aromatic heterocycles. The van der Waals surface area contributed by atoms with E-state index in [4.69, 9.17) is 26.3 Å². The molecule has 0 aliphatic heterocycles. The summed E-state index contributed by atoms with van der Waals surface area (Å²) >= 11 is 6.47. The number of hydrogen-bond donors (Lipinski definition) is 2. The van der Waals surface area contributed by atoms with Crippen LogP contribution in [0.15, 0.2) is 67.0 Å². The minimum absolute atomic E-state index is 0.112. The van der Waals surface area contributed by atoms with E-state index in [2.05, 4.69) is 15.6 Å². The summed E-state index contributed by atoms with van der Waals surface area (Å²) in [5.74, 6) is 1.28. The number of ether oxygens (including phenoxy) is 2. The molecule has 218 valence electrons. The Kier molecular flexibility index (Phi) is 9.23. The summed E-state index contributed by atoms with van der Waals surface area (Å²) < 4.78 is 12.0. The Balaban J connectivity index is 1.31. The first-order valence-corrected chi connectivity index (χ1v) is 14.4. The van der Waals surface area contributed by atoms with Gasteiger partial charge in [-0.1, -0.05) is 41.9 Å². The summed E-state index contributed by atoms with van der Waals surface area (Å²) in [7, 11) is 0. The Bertz CT molecular complexity index is 1710. The van der Waals surface area contributed by atoms with Gasteiger partial charge < -0.3 is 20.1 Å². The number of pyridine rings is 1. The molecule has 2 N–H and O–H groups in total. The number of nitrogens with one attached hydrogen (secondary N) is 2. The minimum atomic E-state index is -0.195. The second kappa shape index (κ2) is 13.4. The Labute approximate surface area is 255 Å². The average molecular weight is 595 g/mol. The van der Waals surface area contributed by atoms with Gasteiger partial charge in [0.15, 0.2) is 6.29 Å². The fourth-order valence-electron chi connectivity index (χ4n) is 4.74. The highest BCUT2D eigenvalue weighted by molar-refractivity contribution is 6.32. The number of nitrogens with zero attached hydrogens (tertiary/aromatic N) is 2. The monoisotopic (exact) mass is 594 g/mol. The van der Waals surface area contributed by atoms with E-state index >= 15 is 0 Å². The molecule has 1 fully saturated rings. The quantitative estimate of drug-likeness (QED) is 0.175. The fraction of sp³-hybridized carbons (Fsp3) is 0.235. The molecule has 1 saturated carbocycles. The van der Waals surface area contributed by atoms with E-state index in [1.165, 1.54) is 25.1 Å². The number of halogens is 1. The first kappa shape index (κ1) is 29.6. The molecule has 0 spiro atoms. The van der Waals surface area contributed by atoms with Crippen LogP contribution in [0.25, 0.3) is 11.1 Å². The number of carbonyl (C=O) groups is 2. The molecule has 1 aliphatic rings. The van der Waals surface area contributed by atoms with Crippen molar-refractivity contribution in [2.75, 3.05) is 11.9 Å². The Morgan fingerprint density at radius 2 is 1.77 bits per heavy atom. The minimum Gasteiger partial charge on any atom is -0.488 e. The van der Waals surface area contributed by atoms with Gasteiger partial charge in [0.1, 0.15) is 30.8 Å². The normalized spacial score (nSPS) is 12.2. The van der Waals surface area contributed by atoms with Gasteiger partial charge in [0.2, 0.25) is 0 Å². The number of amides is 2. The molecular weight excluding hydrogens is 564 g/mol. The number of urea groups is 1. The molecule has 0 radical (unpaired) electrons. The molecule has 9 heteroatoms. The molecule has 8 nitrogen and oxygen atoms in total. The van der Waals surface area contributed by atoms with Gasteiger partial charge in [-0.3, -0.25) is 9.78 Å². The van der Waals surface area contributed by atoms with E-state index in [9.17, 15) is 9.59 Å². The maximum absolute atomic E-state index is 12.4. The van der Waals surface area contributed by atoms with Crippen molar-refractivity contribution in [2.45, 2.75) is 39.9 Å².